The predicted molar refractivity (Wildman–Crippen MR) is 115 cm³/mol. The van der Waals surface area contributed by atoms with E-state index in [2.05, 4.69) is 27.7 Å². The number of rotatable bonds is 10. The van der Waals surface area contributed by atoms with Gasteiger partial charge in [-0.05, 0) is 48.1 Å². The van der Waals surface area contributed by atoms with Gasteiger partial charge >= 0.3 is 5.97 Å². The van der Waals surface area contributed by atoms with E-state index in [0.717, 1.165) is 24.8 Å². The predicted octanol–water partition coefficient (Wildman–Crippen LogP) is 6.75. The summed E-state index contributed by atoms with van der Waals surface area (Å²) in [7, 11) is 0. The van der Waals surface area contributed by atoms with Crippen LogP contribution in [0.15, 0.2) is 42.5 Å². The molecule has 0 radical (unpaired) electrons. The molecule has 0 fully saturated rings. The molecule has 0 heterocycles. The highest BCUT2D eigenvalue weighted by molar-refractivity contribution is 5.89. The van der Waals surface area contributed by atoms with Gasteiger partial charge in [0.05, 0.1) is 18.8 Å². The van der Waals surface area contributed by atoms with E-state index in [4.69, 9.17) is 9.47 Å². The molecule has 2 rings (SSSR count). The Kier molecular flexibility index (Phi) is 8.24. The Hall–Kier alpha value is -2.36. The standard InChI is InChI=1S/C25H33FO3/c1-6-9-16-29-20-14-15-21(22(26)17-20)23(25(4,5)7-2)18-10-12-19(13-11-18)24(27)28-8-3/h10-15,17,23H,6-9,16H2,1-5H3. The van der Waals surface area contributed by atoms with Crippen LogP contribution in [0.25, 0.3) is 0 Å². The number of carbonyl (C=O) groups is 1. The number of benzene rings is 2. The molecule has 0 saturated heterocycles. The van der Waals surface area contributed by atoms with Gasteiger partial charge < -0.3 is 9.47 Å². The summed E-state index contributed by atoms with van der Waals surface area (Å²) in [6, 6.07) is 12.5. The van der Waals surface area contributed by atoms with Crippen LogP contribution in [0.5, 0.6) is 5.75 Å². The van der Waals surface area contributed by atoms with Crippen molar-refractivity contribution in [2.45, 2.75) is 59.8 Å². The smallest absolute Gasteiger partial charge is 0.338 e. The van der Waals surface area contributed by atoms with E-state index < -0.39 is 0 Å². The minimum Gasteiger partial charge on any atom is -0.493 e. The minimum atomic E-state index is -0.342. The van der Waals surface area contributed by atoms with E-state index in [1.54, 1.807) is 19.1 Å². The molecule has 158 valence electrons. The fraction of sp³-hybridized carbons (Fsp3) is 0.480. The van der Waals surface area contributed by atoms with Gasteiger partial charge in [-0.15, -0.1) is 0 Å². The first-order valence-electron chi connectivity index (χ1n) is 10.5. The Morgan fingerprint density at radius 3 is 2.31 bits per heavy atom. The topological polar surface area (TPSA) is 35.5 Å². The van der Waals surface area contributed by atoms with Crippen molar-refractivity contribution in [2.75, 3.05) is 13.2 Å². The molecule has 3 nitrogen and oxygen atoms in total. The van der Waals surface area contributed by atoms with E-state index >= 15 is 4.39 Å². The van der Waals surface area contributed by atoms with Crippen molar-refractivity contribution in [2.24, 2.45) is 5.41 Å². The average molecular weight is 401 g/mol. The molecule has 2 aromatic rings. The van der Waals surface area contributed by atoms with Crippen LogP contribution in [0, 0.1) is 11.2 Å². The molecule has 0 aliphatic heterocycles. The fourth-order valence-electron chi connectivity index (χ4n) is 3.45. The van der Waals surface area contributed by atoms with Crippen LogP contribution in [0.4, 0.5) is 4.39 Å². The molecule has 0 N–H and O–H groups in total. The third-order valence-corrected chi connectivity index (χ3v) is 5.50. The Balaban J connectivity index is 2.38. The number of unbranched alkanes of at least 4 members (excludes halogenated alkanes) is 1. The Labute approximate surface area is 174 Å². The Morgan fingerprint density at radius 2 is 1.76 bits per heavy atom. The normalized spacial score (nSPS) is 12.5. The van der Waals surface area contributed by atoms with Gasteiger partial charge in [-0.3, -0.25) is 0 Å². The maximum absolute atomic E-state index is 15.1. The van der Waals surface area contributed by atoms with Crippen molar-refractivity contribution in [3.05, 3.63) is 65.0 Å². The lowest BCUT2D eigenvalue weighted by Gasteiger charge is -2.35. The molecule has 1 unspecified atom stereocenters. The molecule has 0 aromatic heterocycles. The lowest BCUT2D eigenvalue weighted by molar-refractivity contribution is 0.0526. The summed E-state index contributed by atoms with van der Waals surface area (Å²) < 4.78 is 25.8. The third kappa shape index (κ3) is 5.81. The third-order valence-electron chi connectivity index (χ3n) is 5.50. The van der Waals surface area contributed by atoms with Crippen LogP contribution in [-0.2, 0) is 4.74 Å². The number of ether oxygens (including phenoxy) is 2. The lowest BCUT2D eigenvalue weighted by atomic mass is 9.69. The maximum atomic E-state index is 15.1. The first-order valence-corrected chi connectivity index (χ1v) is 10.5. The highest BCUT2D eigenvalue weighted by Gasteiger charge is 2.32. The van der Waals surface area contributed by atoms with Gasteiger partial charge in [0, 0.05) is 12.0 Å². The molecular formula is C25H33FO3. The Bertz CT molecular complexity index is 796. The van der Waals surface area contributed by atoms with Crippen LogP contribution in [0.2, 0.25) is 0 Å². The molecule has 0 aliphatic rings. The van der Waals surface area contributed by atoms with E-state index in [-0.39, 0.29) is 23.1 Å². The van der Waals surface area contributed by atoms with Crippen LogP contribution in [-0.4, -0.2) is 19.2 Å². The zero-order valence-corrected chi connectivity index (χ0v) is 18.3. The SMILES string of the molecule is CCCCOc1ccc(C(c2ccc(C(=O)OCC)cc2)C(C)(C)CC)c(F)c1. The molecule has 0 bridgehead atoms. The van der Waals surface area contributed by atoms with Gasteiger partial charge in [0.2, 0.25) is 0 Å². The van der Waals surface area contributed by atoms with Gasteiger partial charge in [-0.2, -0.15) is 0 Å². The first kappa shape index (κ1) is 22.9. The zero-order valence-electron chi connectivity index (χ0n) is 18.3. The molecule has 0 aliphatic carbocycles. The van der Waals surface area contributed by atoms with Crippen LogP contribution in [0.3, 0.4) is 0 Å². The maximum Gasteiger partial charge on any atom is 0.338 e. The number of esters is 1. The van der Waals surface area contributed by atoms with Crippen LogP contribution < -0.4 is 4.74 Å². The second-order valence-corrected chi connectivity index (χ2v) is 8.00. The van der Waals surface area contributed by atoms with E-state index in [1.807, 2.05) is 24.3 Å². The first-order chi connectivity index (χ1) is 13.8. The van der Waals surface area contributed by atoms with Gasteiger partial charge in [-0.25, -0.2) is 9.18 Å². The second kappa shape index (κ2) is 10.4. The lowest BCUT2D eigenvalue weighted by Crippen LogP contribution is -2.23. The van der Waals surface area contributed by atoms with Crippen molar-refractivity contribution < 1.29 is 18.7 Å². The quantitative estimate of drug-likeness (QED) is 0.327. The minimum absolute atomic E-state index is 0.145. The fourth-order valence-corrected chi connectivity index (χ4v) is 3.45. The van der Waals surface area contributed by atoms with Gasteiger partial charge in [0.15, 0.2) is 0 Å². The molecule has 4 heteroatoms. The molecule has 1 atom stereocenters. The number of carbonyl (C=O) groups excluding carboxylic acids is 1. The van der Waals surface area contributed by atoms with Crippen LogP contribution in [0.1, 0.15) is 81.3 Å². The van der Waals surface area contributed by atoms with Gasteiger partial charge in [-0.1, -0.05) is 58.7 Å². The molecular weight excluding hydrogens is 367 g/mol. The highest BCUT2D eigenvalue weighted by Crippen LogP contribution is 2.44. The number of halogens is 1. The Morgan fingerprint density at radius 1 is 1.07 bits per heavy atom. The highest BCUT2D eigenvalue weighted by atomic mass is 19.1. The summed E-state index contributed by atoms with van der Waals surface area (Å²) in [4.78, 5) is 12.0. The van der Waals surface area contributed by atoms with E-state index in [9.17, 15) is 4.79 Å². The number of hydrogen-bond acceptors (Lipinski definition) is 3. The summed E-state index contributed by atoms with van der Waals surface area (Å²) >= 11 is 0. The summed E-state index contributed by atoms with van der Waals surface area (Å²) in [6.07, 6.45) is 2.86. The van der Waals surface area contributed by atoms with Crippen molar-refractivity contribution in [1.29, 1.82) is 0 Å². The summed E-state index contributed by atoms with van der Waals surface area (Å²) in [5, 5.41) is 0. The summed E-state index contributed by atoms with van der Waals surface area (Å²) in [5.74, 6) is -0.191. The zero-order chi connectivity index (χ0) is 21.4. The molecule has 2 aromatic carbocycles. The molecule has 0 saturated carbocycles. The molecule has 0 spiro atoms. The van der Waals surface area contributed by atoms with Crippen molar-refractivity contribution in [3.63, 3.8) is 0 Å². The van der Waals surface area contributed by atoms with Crippen molar-refractivity contribution >= 4 is 5.97 Å². The largest absolute Gasteiger partial charge is 0.493 e. The summed E-state index contributed by atoms with van der Waals surface area (Å²) in [5.41, 5.74) is 1.95. The van der Waals surface area contributed by atoms with E-state index in [1.165, 1.54) is 6.07 Å². The summed E-state index contributed by atoms with van der Waals surface area (Å²) in [6.45, 7) is 11.2. The average Bonchev–Trinajstić information content (AvgIpc) is 2.70. The molecule has 0 amide bonds. The van der Waals surface area contributed by atoms with Crippen LogP contribution >= 0.6 is 0 Å². The van der Waals surface area contributed by atoms with Gasteiger partial charge in [0.25, 0.3) is 0 Å². The van der Waals surface area contributed by atoms with Crippen molar-refractivity contribution in [1.82, 2.24) is 0 Å². The number of hydrogen-bond donors (Lipinski definition) is 0. The monoisotopic (exact) mass is 400 g/mol. The second-order valence-electron chi connectivity index (χ2n) is 8.00. The van der Waals surface area contributed by atoms with E-state index in [0.29, 0.717) is 30.1 Å². The van der Waals surface area contributed by atoms with Crippen molar-refractivity contribution in [3.8, 4) is 5.75 Å². The molecule has 29 heavy (non-hydrogen) atoms. The van der Waals surface area contributed by atoms with Gasteiger partial charge in [0.1, 0.15) is 11.6 Å².